The molecule has 0 spiro atoms. The van der Waals surface area contributed by atoms with Gasteiger partial charge in [0, 0.05) is 30.0 Å². The zero-order valence-corrected chi connectivity index (χ0v) is 17.9. The van der Waals surface area contributed by atoms with E-state index in [9.17, 15) is 0 Å². The fourth-order valence-corrected chi connectivity index (χ4v) is 3.45. The number of methoxy groups -OCH3 is 2. The minimum atomic E-state index is 0.500. The number of aryl methyl sites for hydroxylation is 2. The van der Waals surface area contributed by atoms with Gasteiger partial charge in [0.15, 0.2) is 11.6 Å². The minimum Gasteiger partial charge on any atom is -0.497 e. The number of rotatable bonds is 8. The van der Waals surface area contributed by atoms with Crippen LogP contribution in [-0.4, -0.2) is 42.5 Å². The van der Waals surface area contributed by atoms with Gasteiger partial charge in [-0.15, -0.1) is 0 Å². The maximum absolute atomic E-state index is 5.99. The second-order valence-corrected chi connectivity index (χ2v) is 7.06. The molecule has 0 aliphatic carbocycles. The molecule has 0 saturated heterocycles. The van der Waals surface area contributed by atoms with Crippen molar-refractivity contribution in [1.29, 1.82) is 0 Å². The van der Waals surface area contributed by atoms with E-state index in [-0.39, 0.29) is 0 Å². The molecule has 0 unspecified atom stereocenters. The Labute approximate surface area is 180 Å². The zero-order chi connectivity index (χ0) is 21.8. The summed E-state index contributed by atoms with van der Waals surface area (Å²) in [6.45, 7) is 5.15. The Kier molecular flexibility index (Phi) is 5.88. The van der Waals surface area contributed by atoms with Gasteiger partial charge in [0.2, 0.25) is 0 Å². The van der Waals surface area contributed by atoms with Gasteiger partial charge < -0.3 is 24.1 Å². The van der Waals surface area contributed by atoms with Crippen LogP contribution in [0.25, 0.3) is 22.3 Å². The largest absolute Gasteiger partial charge is 0.497 e. The Bertz CT molecular complexity index is 1170. The van der Waals surface area contributed by atoms with Crippen molar-refractivity contribution in [2.45, 2.75) is 13.8 Å². The van der Waals surface area contributed by atoms with Crippen LogP contribution in [0.4, 0.5) is 5.82 Å². The molecule has 1 N–H and O–H groups in total. The first-order chi connectivity index (χ1) is 15.1. The van der Waals surface area contributed by atoms with Gasteiger partial charge in [-0.3, -0.25) is 0 Å². The molecular weight excluding hydrogens is 396 g/mol. The van der Waals surface area contributed by atoms with Crippen molar-refractivity contribution in [2.24, 2.45) is 0 Å². The average molecular weight is 420 g/mol. The lowest BCUT2D eigenvalue weighted by atomic mass is 10.0. The molecule has 31 heavy (non-hydrogen) atoms. The van der Waals surface area contributed by atoms with Crippen LogP contribution < -0.4 is 19.5 Å². The normalized spacial score (nSPS) is 10.8. The van der Waals surface area contributed by atoms with Crippen LogP contribution in [0.1, 0.15) is 11.1 Å². The third-order valence-corrected chi connectivity index (χ3v) is 4.90. The molecule has 0 atom stereocenters. The van der Waals surface area contributed by atoms with Gasteiger partial charge in [-0.05, 0) is 37.1 Å². The van der Waals surface area contributed by atoms with Crippen LogP contribution in [0.2, 0.25) is 0 Å². The lowest BCUT2D eigenvalue weighted by Crippen LogP contribution is -2.12. The number of anilines is 1. The number of hydrogen-bond donors (Lipinski definition) is 1. The summed E-state index contributed by atoms with van der Waals surface area (Å²) < 4.78 is 21.6. The van der Waals surface area contributed by atoms with E-state index in [1.807, 2.05) is 38.1 Å². The van der Waals surface area contributed by atoms with Crippen LogP contribution in [-0.2, 0) is 0 Å². The Hall–Kier alpha value is -3.81. The van der Waals surface area contributed by atoms with E-state index in [4.69, 9.17) is 23.7 Å². The van der Waals surface area contributed by atoms with Crippen LogP contribution in [0.3, 0.4) is 0 Å². The third-order valence-electron chi connectivity index (χ3n) is 4.90. The van der Waals surface area contributed by atoms with Gasteiger partial charge in [0.05, 0.1) is 31.7 Å². The molecule has 0 aliphatic heterocycles. The second-order valence-electron chi connectivity index (χ2n) is 7.06. The number of nitrogens with one attached hydrogen (secondary N) is 1. The zero-order valence-electron chi connectivity index (χ0n) is 17.9. The molecule has 0 radical (unpaired) electrons. The van der Waals surface area contributed by atoms with Crippen LogP contribution in [0, 0.1) is 13.8 Å². The molecule has 8 nitrogen and oxygen atoms in total. The Morgan fingerprint density at radius 3 is 2.52 bits per heavy atom. The van der Waals surface area contributed by atoms with Gasteiger partial charge in [-0.1, -0.05) is 5.16 Å². The molecular formula is C23H24N4O4. The van der Waals surface area contributed by atoms with E-state index < -0.39 is 0 Å². The number of aromatic nitrogens is 3. The molecule has 8 heteroatoms. The number of fused-ring (bicyclic) bond motifs is 1. The van der Waals surface area contributed by atoms with Gasteiger partial charge in [-0.2, -0.15) is 0 Å². The first kappa shape index (κ1) is 20.5. The summed E-state index contributed by atoms with van der Waals surface area (Å²) in [5, 5.41) is 7.78. The lowest BCUT2D eigenvalue weighted by molar-refractivity contribution is 0.328. The third kappa shape index (κ3) is 4.37. The Morgan fingerprint density at radius 2 is 1.84 bits per heavy atom. The highest BCUT2D eigenvalue weighted by atomic mass is 16.5. The van der Waals surface area contributed by atoms with E-state index in [1.165, 1.54) is 6.26 Å². The fraction of sp³-hybridized carbons (Fsp3) is 0.261. The van der Waals surface area contributed by atoms with Gasteiger partial charge in [0.1, 0.15) is 30.1 Å². The number of benzene rings is 2. The summed E-state index contributed by atoms with van der Waals surface area (Å²) in [6.07, 6.45) is 3.30. The molecule has 160 valence electrons. The van der Waals surface area contributed by atoms with Crippen LogP contribution >= 0.6 is 0 Å². The number of hydrogen-bond acceptors (Lipinski definition) is 8. The standard InChI is InChI=1S/C23H24N4O4/c1-14-9-16(10-15(2)22(14)30-8-6-24-21-5-7-31-27-21)23-25-13-18-19(26-23)11-17(28-3)12-20(18)29-4/h5,7,9-13H,6,8H2,1-4H3,(H,24,27). The van der Waals surface area contributed by atoms with E-state index >= 15 is 0 Å². The van der Waals surface area contributed by atoms with E-state index in [1.54, 1.807) is 26.5 Å². The van der Waals surface area contributed by atoms with Crippen molar-refractivity contribution >= 4 is 16.7 Å². The smallest absolute Gasteiger partial charge is 0.169 e. The predicted molar refractivity (Wildman–Crippen MR) is 118 cm³/mol. The maximum Gasteiger partial charge on any atom is 0.169 e. The summed E-state index contributed by atoms with van der Waals surface area (Å²) >= 11 is 0. The summed E-state index contributed by atoms with van der Waals surface area (Å²) in [5.74, 6) is 3.54. The number of ether oxygens (including phenoxy) is 3. The molecule has 2 heterocycles. The monoisotopic (exact) mass is 420 g/mol. The van der Waals surface area contributed by atoms with Gasteiger partial charge >= 0.3 is 0 Å². The molecule has 4 aromatic rings. The Balaban J connectivity index is 1.56. The Morgan fingerprint density at radius 1 is 1.03 bits per heavy atom. The quantitative estimate of drug-likeness (QED) is 0.419. The van der Waals surface area contributed by atoms with E-state index in [2.05, 4.69) is 15.5 Å². The second kappa shape index (κ2) is 8.91. The van der Waals surface area contributed by atoms with Crippen molar-refractivity contribution in [2.75, 3.05) is 32.7 Å². The van der Waals surface area contributed by atoms with E-state index in [0.717, 1.165) is 33.3 Å². The van der Waals surface area contributed by atoms with Crippen LogP contribution in [0.5, 0.6) is 17.2 Å². The van der Waals surface area contributed by atoms with Crippen molar-refractivity contribution in [3.8, 4) is 28.6 Å². The van der Waals surface area contributed by atoms with E-state index in [0.29, 0.717) is 36.3 Å². The molecule has 0 amide bonds. The molecule has 0 saturated carbocycles. The SMILES string of the molecule is COc1cc(OC)c2cnc(-c3cc(C)c(OCCNc4ccon4)c(C)c3)nc2c1. The predicted octanol–water partition coefficient (Wildman–Crippen LogP) is 4.41. The summed E-state index contributed by atoms with van der Waals surface area (Å²) in [5.41, 5.74) is 3.72. The minimum absolute atomic E-state index is 0.500. The van der Waals surface area contributed by atoms with Crippen molar-refractivity contribution < 1.29 is 18.7 Å². The van der Waals surface area contributed by atoms with Crippen molar-refractivity contribution in [3.05, 3.63) is 53.9 Å². The van der Waals surface area contributed by atoms with Crippen molar-refractivity contribution in [3.63, 3.8) is 0 Å². The highest BCUT2D eigenvalue weighted by molar-refractivity contribution is 5.87. The fourth-order valence-electron chi connectivity index (χ4n) is 3.45. The highest BCUT2D eigenvalue weighted by Crippen LogP contribution is 2.33. The topological polar surface area (TPSA) is 91.5 Å². The molecule has 2 aromatic carbocycles. The van der Waals surface area contributed by atoms with Gasteiger partial charge in [0.25, 0.3) is 0 Å². The molecule has 4 rings (SSSR count). The molecule has 0 aliphatic rings. The molecule has 0 bridgehead atoms. The summed E-state index contributed by atoms with van der Waals surface area (Å²) in [7, 11) is 3.24. The van der Waals surface area contributed by atoms with Crippen molar-refractivity contribution in [1.82, 2.24) is 15.1 Å². The number of nitrogens with zero attached hydrogens (tertiary/aromatic N) is 3. The average Bonchev–Trinajstić information content (AvgIpc) is 3.30. The molecule has 2 aromatic heterocycles. The molecule has 0 fully saturated rings. The first-order valence-electron chi connectivity index (χ1n) is 9.86. The lowest BCUT2D eigenvalue weighted by Gasteiger charge is -2.14. The van der Waals surface area contributed by atoms with Crippen LogP contribution in [0.15, 0.2) is 47.3 Å². The maximum atomic E-state index is 5.99. The summed E-state index contributed by atoms with van der Waals surface area (Å²) in [6, 6.07) is 9.53. The highest BCUT2D eigenvalue weighted by Gasteiger charge is 2.13. The summed E-state index contributed by atoms with van der Waals surface area (Å²) in [4.78, 5) is 9.30. The first-order valence-corrected chi connectivity index (χ1v) is 9.86. The van der Waals surface area contributed by atoms with Gasteiger partial charge in [-0.25, -0.2) is 9.97 Å².